The van der Waals surface area contributed by atoms with Gasteiger partial charge in [0.1, 0.15) is 5.52 Å². The highest BCUT2D eigenvalue weighted by molar-refractivity contribution is 6.01. The van der Waals surface area contributed by atoms with Gasteiger partial charge in [-0.05, 0) is 42.3 Å². The quantitative estimate of drug-likeness (QED) is 0.409. The minimum absolute atomic E-state index is 0.0780. The van der Waals surface area contributed by atoms with Crippen molar-refractivity contribution in [1.29, 1.82) is 0 Å². The zero-order valence-corrected chi connectivity index (χ0v) is 15.8. The van der Waals surface area contributed by atoms with E-state index in [0.717, 1.165) is 16.5 Å². The Kier molecular flexibility index (Phi) is 6.86. The monoisotopic (exact) mass is 383 g/mol. The van der Waals surface area contributed by atoms with E-state index in [9.17, 15) is 19.7 Å². The molecule has 0 unspecified atom stereocenters. The molecule has 0 aliphatic rings. The summed E-state index contributed by atoms with van der Waals surface area (Å²) >= 11 is 0. The summed E-state index contributed by atoms with van der Waals surface area (Å²) in [6, 6.07) is 12.5. The van der Waals surface area contributed by atoms with Crippen LogP contribution in [-0.2, 0) is 21.4 Å². The summed E-state index contributed by atoms with van der Waals surface area (Å²) in [5.41, 5.74) is 3.13. The third-order valence-electron chi connectivity index (χ3n) is 3.94. The Morgan fingerprint density at radius 3 is 2.61 bits per heavy atom. The lowest BCUT2D eigenvalue weighted by Crippen LogP contribution is -2.05. The number of ether oxygens (including phenoxy) is 1. The van der Waals surface area contributed by atoms with E-state index in [1.807, 2.05) is 24.3 Å². The maximum Gasteiger partial charge on any atom is 0.293 e. The maximum atomic E-state index is 11.2. The van der Waals surface area contributed by atoms with E-state index in [0.29, 0.717) is 24.3 Å². The molecule has 0 saturated heterocycles. The molecule has 1 N–H and O–H groups in total. The smallest absolute Gasteiger partial charge is 0.293 e. The third kappa shape index (κ3) is 4.73. The first kappa shape index (κ1) is 20.6. The van der Waals surface area contributed by atoms with Crippen molar-refractivity contribution in [3.05, 3.63) is 58.8 Å². The van der Waals surface area contributed by atoms with Crippen molar-refractivity contribution >= 4 is 34.7 Å². The SMILES string of the molecule is CC(=O)Nc1cccc(-c2ccc([N+](=O)[O-])c3c2ccn3C)c1.CCOC=O. The van der Waals surface area contributed by atoms with Gasteiger partial charge >= 0.3 is 0 Å². The zero-order valence-electron chi connectivity index (χ0n) is 15.8. The van der Waals surface area contributed by atoms with Crippen molar-refractivity contribution in [3.63, 3.8) is 0 Å². The summed E-state index contributed by atoms with van der Waals surface area (Å²) in [5, 5.41) is 14.8. The molecule has 2 aromatic carbocycles. The van der Waals surface area contributed by atoms with Gasteiger partial charge in [0.2, 0.25) is 5.91 Å². The van der Waals surface area contributed by atoms with Crippen molar-refractivity contribution in [2.75, 3.05) is 11.9 Å². The predicted molar refractivity (Wildman–Crippen MR) is 107 cm³/mol. The molecule has 3 aromatic rings. The standard InChI is InChI=1S/C17H15N3O3.C3H6O2/c1-11(21)18-13-5-3-4-12(10-13)14-6-7-16(20(22)23)17-15(14)8-9-19(17)2;1-2-5-3-4/h3-10H,1-2H3,(H,18,21);3H,2H2,1H3. The topological polar surface area (TPSA) is 103 Å². The molecule has 1 amide bonds. The van der Waals surface area contributed by atoms with Gasteiger partial charge in [0.15, 0.2) is 0 Å². The van der Waals surface area contributed by atoms with Crippen LogP contribution in [0.1, 0.15) is 13.8 Å². The Labute approximate surface area is 161 Å². The van der Waals surface area contributed by atoms with E-state index in [-0.39, 0.29) is 16.5 Å². The van der Waals surface area contributed by atoms with Crippen LogP contribution in [-0.4, -0.2) is 28.5 Å². The summed E-state index contributed by atoms with van der Waals surface area (Å²) in [7, 11) is 1.78. The highest BCUT2D eigenvalue weighted by Crippen LogP contribution is 2.35. The van der Waals surface area contributed by atoms with Gasteiger partial charge in [0, 0.05) is 37.3 Å². The number of hydrogen-bond donors (Lipinski definition) is 1. The van der Waals surface area contributed by atoms with Gasteiger partial charge in [-0.1, -0.05) is 12.1 Å². The van der Waals surface area contributed by atoms with Crippen LogP contribution >= 0.6 is 0 Å². The highest BCUT2D eigenvalue weighted by Gasteiger charge is 2.18. The minimum Gasteiger partial charge on any atom is -0.468 e. The lowest BCUT2D eigenvalue weighted by atomic mass is 10.0. The van der Waals surface area contributed by atoms with E-state index in [4.69, 9.17) is 0 Å². The second-order valence-electron chi connectivity index (χ2n) is 5.89. The van der Waals surface area contributed by atoms with Crippen molar-refractivity contribution < 1.29 is 19.2 Å². The molecule has 146 valence electrons. The molecule has 0 fully saturated rings. The van der Waals surface area contributed by atoms with Crippen molar-refractivity contribution in [2.24, 2.45) is 7.05 Å². The Balaban J connectivity index is 0.000000500. The van der Waals surface area contributed by atoms with Gasteiger partial charge in [-0.3, -0.25) is 19.7 Å². The molecular weight excluding hydrogens is 362 g/mol. The fourth-order valence-electron chi connectivity index (χ4n) is 2.83. The second kappa shape index (κ2) is 9.31. The maximum absolute atomic E-state index is 11.2. The first-order valence-corrected chi connectivity index (χ1v) is 8.54. The molecule has 0 aliphatic heterocycles. The van der Waals surface area contributed by atoms with Crippen molar-refractivity contribution in [3.8, 4) is 11.1 Å². The molecule has 0 radical (unpaired) electrons. The molecular formula is C20H21N3O5. The second-order valence-corrected chi connectivity index (χ2v) is 5.89. The molecule has 3 rings (SSSR count). The van der Waals surface area contributed by atoms with Gasteiger partial charge in [-0.25, -0.2) is 0 Å². The third-order valence-corrected chi connectivity index (χ3v) is 3.94. The lowest BCUT2D eigenvalue weighted by Gasteiger charge is -2.08. The summed E-state index contributed by atoms with van der Waals surface area (Å²) in [5.74, 6) is -0.143. The summed E-state index contributed by atoms with van der Waals surface area (Å²) in [4.78, 5) is 31.2. The first-order chi connectivity index (χ1) is 13.4. The van der Waals surface area contributed by atoms with Crippen LogP contribution in [0.3, 0.4) is 0 Å². The molecule has 0 atom stereocenters. The Hall–Kier alpha value is -3.68. The Morgan fingerprint density at radius 1 is 1.29 bits per heavy atom. The number of hydrogen-bond acceptors (Lipinski definition) is 5. The van der Waals surface area contributed by atoms with Gasteiger partial charge in [-0.15, -0.1) is 0 Å². The van der Waals surface area contributed by atoms with Crippen LogP contribution < -0.4 is 5.32 Å². The molecule has 0 spiro atoms. The van der Waals surface area contributed by atoms with E-state index in [2.05, 4.69) is 10.1 Å². The number of nitrogens with zero attached hydrogens (tertiary/aromatic N) is 2. The Bertz CT molecular complexity index is 1010. The van der Waals surface area contributed by atoms with E-state index < -0.39 is 0 Å². The number of benzene rings is 2. The molecule has 1 heterocycles. The average molecular weight is 383 g/mol. The number of carbonyl (C=O) groups excluding carboxylic acids is 2. The van der Waals surface area contributed by atoms with Crippen LogP contribution in [0.25, 0.3) is 22.0 Å². The number of amides is 1. The first-order valence-electron chi connectivity index (χ1n) is 8.54. The van der Waals surface area contributed by atoms with Gasteiger partial charge in [0.25, 0.3) is 12.2 Å². The van der Waals surface area contributed by atoms with Crippen LogP contribution in [0.4, 0.5) is 11.4 Å². The van der Waals surface area contributed by atoms with E-state index in [1.54, 1.807) is 36.9 Å². The molecule has 0 bridgehead atoms. The minimum atomic E-state index is -0.375. The number of anilines is 1. The number of carbonyl (C=O) groups is 2. The summed E-state index contributed by atoms with van der Waals surface area (Å²) in [6.07, 6.45) is 1.80. The number of nitro benzene ring substituents is 1. The normalized spacial score (nSPS) is 9.96. The summed E-state index contributed by atoms with van der Waals surface area (Å²) < 4.78 is 5.90. The number of fused-ring (bicyclic) bond motifs is 1. The largest absolute Gasteiger partial charge is 0.468 e. The Morgan fingerprint density at radius 2 is 2.04 bits per heavy atom. The molecule has 28 heavy (non-hydrogen) atoms. The molecule has 8 nitrogen and oxygen atoms in total. The number of non-ortho nitro benzene ring substituents is 1. The highest BCUT2D eigenvalue weighted by atomic mass is 16.6. The van der Waals surface area contributed by atoms with Crippen molar-refractivity contribution in [2.45, 2.75) is 13.8 Å². The van der Waals surface area contributed by atoms with Crippen LogP contribution in [0.2, 0.25) is 0 Å². The number of aryl methyl sites for hydroxylation is 1. The average Bonchev–Trinajstić information content (AvgIpc) is 3.04. The lowest BCUT2D eigenvalue weighted by molar-refractivity contribution is -0.383. The van der Waals surface area contributed by atoms with Crippen molar-refractivity contribution in [1.82, 2.24) is 4.57 Å². The number of nitro groups is 1. The van der Waals surface area contributed by atoms with Gasteiger partial charge in [0.05, 0.1) is 11.5 Å². The zero-order chi connectivity index (χ0) is 20.7. The number of nitrogens with one attached hydrogen (secondary N) is 1. The summed E-state index contributed by atoms with van der Waals surface area (Å²) in [6.45, 7) is 4.12. The van der Waals surface area contributed by atoms with Crippen LogP contribution in [0.5, 0.6) is 0 Å². The number of rotatable bonds is 5. The fourth-order valence-corrected chi connectivity index (χ4v) is 2.83. The van der Waals surface area contributed by atoms with Crippen LogP contribution in [0.15, 0.2) is 48.7 Å². The van der Waals surface area contributed by atoms with Gasteiger partial charge in [-0.2, -0.15) is 0 Å². The molecule has 1 aromatic heterocycles. The number of aromatic nitrogens is 1. The molecule has 0 saturated carbocycles. The molecule has 8 heteroatoms. The fraction of sp³-hybridized carbons (Fsp3) is 0.200. The van der Waals surface area contributed by atoms with E-state index in [1.165, 1.54) is 13.0 Å². The predicted octanol–water partition coefficient (Wildman–Crippen LogP) is 3.89. The van der Waals surface area contributed by atoms with E-state index >= 15 is 0 Å². The molecule has 0 aliphatic carbocycles. The van der Waals surface area contributed by atoms with Gasteiger partial charge < -0.3 is 14.6 Å². The van der Waals surface area contributed by atoms with Crippen LogP contribution in [0, 0.1) is 10.1 Å².